The van der Waals surface area contributed by atoms with Gasteiger partial charge in [-0.25, -0.2) is 4.79 Å². The predicted molar refractivity (Wildman–Crippen MR) is 72.4 cm³/mol. The fourth-order valence-corrected chi connectivity index (χ4v) is 1.74. The molecule has 0 fully saturated rings. The Labute approximate surface area is 114 Å². The normalized spacial score (nSPS) is 14.1. The number of rotatable bonds is 8. The molecule has 110 valence electrons. The van der Waals surface area contributed by atoms with E-state index in [0.29, 0.717) is 12.8 Å². The largest absolute Gasteiger partial charge is 0.467 e. The van der Waals surface area contributed by atoms with Crippen LogP contribution in [-0.4, -0.2) is 31.1 Å². The number of hydrogen-bond acceptors (Lipinski definition) is 5. The van der Waals surface area contributed by atoms with Crippen molar-refractivity contribution >= 4 is 11.9 Å². The molecule has 0 heterocycles. The summed E-state index contributed by atoms with van der Waals surface area (Å²) in [6.07, 6.45) is 0.830. The summed E-state index contributed by atoms with van der Waals surface area (Å²) in [5, 5.41) is 5.38. The maximum Gasteiger partial charge on any atom is 0.328 e. The van der Waals surface area contributed by atoms with Gasteiger partial charge in [0.25, 0.3) is 0 Å². The van der Waals surface area contributed by atoms with Crippen LogP contribution >= 0.6 is 0 Å². The van der Waals surface area contributed by atoms with Crippen molar-refractivity contribution in [3.05, 3.63) is 4.91 Å². The van der Waals surface area contributed by atoms with Crippen LogP contribution in [0.25, 0.3) is 0 Å². The number of nitroso groups, excluding NO2 is 1. The molecule has 0 aliphatic rings. The van der Waals surface area contributed by atoms with Crippen molar-refractivity contribution in [2.75, 3.05) is 7.11 Å². The van der Waals surface area contributed by atoms with Crippen molar-refractivity contribution < 1.29 is 14.3 Å². The average Bonchev–Trinajstić information content (AvgIpc) is 2.33. The molecule has 0 radical (unpaired) electrons. The Morgan fingerprint density at radius 2 is 1.63 bits per heavy atom. The van der Waals surface area contributed by atoms with E-state index in [1.807, 2.05) is 27.7 Å². The van der Waals surface area contributed by atoms with E-state index in [1.165, 1.54) is 7.11 Å². The van der Waals surface area contributed by atoms with E-state index in [4.69, 9.17) is 0 Å². The molecule has 0 aromatic carbocycles. The summed E-state index contributed by atoms with van der Waals surface area (Å²) in [5.41, 5.74) is 0. The first-order chi connectivity index (χ1) is 8.81. The first-order valence-corrected chi connectivity index (χ1v) is 6.52. The Kier molecular flexibility index (Phi) is 7.95. The van der Waals surface area contributed by atoms with Crippen LogP contribution in [0.3, 0.4) is 0 Å². The number of nitrogens with zero attached hydrogens (tertiary/aromatic N) is 1. The number of carbonyl (C=O) groups is 2. The molecule has 0 aromatic heterocycles. The van der Waals surface area contributed by atoms with Crippen LogP contribution in [0.2, 0.25) is 0 Å². The fourth-order valence-electron chi connectivity index (χ4n) is 1.74. The first kappa shape index (κ1) is 17.5. The summed E-state index contributed by atoms with van der Waals surface area (Å²) in [6, 6.07) is -1.69. The van der Waals surface area contributed by atoms with E-state index in [9.17, 15) is 14.5 Å². The van der Waals surface area contributed by atoms with Crippen LogP contribution in [0.1, 0.15) is 40.5 Å². The first-order valence-electron chi connectivity index (χ1n) is 6.52. The number of carbonyl (C=O) groups excluding carboxylic acids is 2. The lowest BCUT2D eigenvalue weighted by atomic mass is 10.0. The lowest BCUT2D eigenvalue weighted by Gasteiger charge is -2.20. The van der Waals surface area contributed by atoms with Crippen LogP contribution in [-0.2, 0) is 14.3 Å². The third-order valence-electron chi connectivity index (χ3n) is 2.63. The van der Waals surface area contributed by atoms with Gasteiger partial charge in [-0.3, -0.25) is 4.79 Å². The smallest absolute Gasteiger partial charge is 0.328 e. The van der Waals surface area contributed by atoms with Gasteiger partial charge in [-0.15, -0.1) is 4.91 Å². The van der Waals surface area contributed by atoms with Gasteiger partial charge >= 0.3 is 5.97 Å². The molecule has 0 unspecified atom stereocenters. The molecule has 0 bridgehead atoms. The van der Waals surface area contributed by atoms with Gasteiger partial charge in [0, 0.05) is 0 Å². The Morgan fingerprint density at radius 3 is 2.00 bits per heavy atom. The number of amides is 1. The van der Waals surface area contributed by atoms with Gasteiger partial charge in [0.05, 0.1) is 7.11 Å². The van der Waals surface area contributed by atoms with Crippen molar-refractivity contribution in [2.24, 2.45) is 17.0 Å². The molecule has 6 nitrogen and oxygen atoms in total. The van der Waals surface area contributed by atoms with Gasteiger partial charge in [-0.2, -0.15) is 0 Å². The Hall–Kier alpha value is -1.46. The zero-order valence-corrected chi connectivity index (χ0v) is 12.3. The minimum Gasteiger partial charge on any atom is -0.467 e. The number of nitrogens with one attached hydrogen (secondary N) is 1. The highest BCUT2D eigenvalue weighted by Gasteiger charge is 2.27. The number of hydrogen-bond donors (Lipinski definition) is 1. The van der Waals surface area contributed by atoms with Crippen molar-refractivity contribution in [1.82, 2.24) is 5.32 Å². The van der Waals surface area contributed by atoms with E-state index in [1.54, 1.807) is 0 Å². The summed E-state index contributed by atoms with van der Waals surface area (Å²) < 4.78 is 4.65. The Balaban J connectivity index is 4.67. The monoisotopic (exact) mass is 272 g/mol. The molecule has 0 aliphatic heterocycles. The standard InChI is InChI=1S/C13H24N2O4/c1-8(2)6-10(15-18)12(16)14-11(7-9(3)4)13(17)19-5/h8-11H,6-7H2,1-5H3,(H,14,16)/t10-,11-/m0/s1. The Bertz CT molecular complexity index is 316. The van der Waals surface area contributed by atoms with Crippen molar-refractivity contribution in [3.63, 3.8) is 0 Å². The second-order valence-electron chi connectivity index (χ2n) is 5.46. The molecule has 1 N–H and O–H groups in total. The van der Waals surface area contributed by atoms with E-state index in [-0.39, 0.29) is 11.8 Å². The summed E-state index contributed by atoms with van der Waals surface area (Å²) >= 11 is 0. The predicted octanol–water partition coefficient (Wildman–Crippen LogP) is 1.87. The zero-order chi connectivity index (χ0) is 15.0. The molecular formula is C13H24N2O4. The maximum absolute atomic E-state index is 11.9. The molecule has 0 saturated heterocycles. The van der Waals surface area contributed by atoms with Gasteiger partial charge in [0.1, 0.15) is 6.04 Å². The lowest BCUT2D eigenvalue weighted by molar-refractivity contribution is -0.145. The van der Waals surface area contributed by atoms with Crippen molar-refractivity contribution in [1.29, 1.82) is 0 Å². The summed E-state index contributed by atoms with van der Waals surface area (Å²) in [6.45, 7) is 7.67. The average molecular weight is 272 g/mol. The van der Waals surface area contributed by atoms with E-state index < -0.39 is 24.0 Å². The van der Waals surface area contributed by atoms with Crippen LogP contribution in [0.4, 0.5) is 0 Å². The summed E-state index contributed by atoms with van der Waals surface area (Å²) in [4.78, 5) is 34.2. The Morgan fingerprint density at radius 1 is 1.11 bits per heavy atom. The van der Waals surface area contributed by atoms with E-state index in [2.05, 4.69) is 15.2 Å². The van der Waals surface area contributed by atoms with Crippen LogP contribution < -0.4 is 5.32 Å². The quantitative estimate of drug-likeness (QED) is 0.540. The SMILES string of the molecule is COC(=O)[C@H](CC(C)C)NC(=O)[C@H](CC(C)C)N=O. The number of esters is 1. The molecular weight excluding hydrogens is 248 g/mol. The molecule has 0 rings (SSSR count). The second kappa shape index (κ2) is 8.61. The van der Waals surface area contributed by atoms with Gasteiger partial charge in [-0.1, -0.05) is 32.9 Å². The third-order valence-corrected chi connectivity index (χ3v) is 2.63. The minimum atomic E-state index is -0.959. The maximum atomic E-state index is 11.9. The molecule has 0 aromatic rings. The molecule has 0 saturated carbocycles. The van der Waals surface area contributed by atoms with E-state index in [0.717, 1.165) is 0 Å². The van der Waals surface area contributed by atoms with Crippen molar-refractivity contribution in [3.8, 4) is 0 Å². The van der Waals surface area contributed by atoms with Gasteiger partial charge < -0.3 is 10.1 Å². The molecule has 6 heteroatoms. The second-order valence-corrected chi connectivity index (χ2v) is 5.46. The molecule has 0 aliphatic carbocycles. The number of ether oxygens (including phenoxy) is 1. The highest BCUT2D eigenvalue weighted by Crippen LogP contribution is 2.11. The fraction of sp³-hybridized carbons (Fsp3) is 0.846. The molecule has 2 atom stereocenters. The van der Waals surface area contributed by atoms with Gasteiger partial charge in [-0.05, 0) is 24.7 Å². The van der Waals surface area contributed by atoms with Crippen LogP contribution in [0.5, 0.6) is 0 Å². The highest BCUT2D eigenvalue weighted by molar-refractivity contribution is 5.87. The zero-order valence-electron chi connectivity index (χ0n) is 12.3. The lowest BCUT2D eigenvalue weighted by Crippen LogP contribution is -2.46. The minimum absolute atomic E-state index is 0.176. The summed E-state index contributed by atoms with van der Waals surface area (Å²) in [5.74, 6) is -0.622. The molecule has 19 heavy (non-hydrogen) atoms. The van der Waals surface area contributed by atoms with Crippen molar-refractivity contribution in [2.45, 2.75) is 52.6 Å². The van der Waals surface area contributed by atoms with Crippen LogP contribution in [0.15, 0.2) is 5.18 Å². The summed E-state index contributed by atoms with van der Waals surface area (Å²) in [7, 11) is 1.27. The van der Waals surface area contributed by atoms with Gasteiger partial charge in [0.2, 0.25) is 5.91 Å². The van der Waals surface area contributed by atoms with Crippen LogP contribution in [0, 0.1) is 16.7 Å². The van der Waals surface area contributed by atoms with E-state index >= 15 is 0 Å². The highest BCUT2D eigenvalue weighted by atomic mass is 16.5. The number of methoxy groups -OCH3 is 1. The molecule has 1 amide bonds. The molecule has 0 spiro atoms. The van der Waals surface area contributed by atoms with Gasteiger partial charge in [0.15, 0.2) is 6.04 Å². The third kappa shape index (κ3) is 6.88. The topological polar surface area (TPSA) is 84.8 Å².